The van der Waals surface area contributed by atoms with Gasteiger partial charge in [-0.2, -0.15) is 5.26 Å². The second kappa shape index (κ2) is 3.52. The second-order valence-electron chi connectivity index (χ2n) is 2.82. The van der Waals surface area contributed by atoms with Gasteiger partial charge in [0.1, 0.15) is 6.07 Å². The monoisotopic (exact) mass is 220 g/mol. The van der Waals surface area contributed by atoms with Crippen LogP contribution in [0.1, 0.15) is 5.56 Å². The number of nitrogens with two attached hydrogens (primary N) is 1. The van der Waals surface area contributed by atoms with Gasteiger partial charge in [-0.3, -0.25) is 0 Å². The Hall–Kier alpha value is -1.18. The highest BCUT2D eigenvalue weighted by atomic mass is 32.2. The van der Waals surface area contributed by atoms with Crippen LogP contribution in [-0.4, -0.2) is 6.26 Å². The van der Waals surface area contributed by atoms with Crippen molar-refractivity contribution >= 4 is 38.2 Å². The van der Waals surface area contributed by atoms with E-state index >= 15 is 0 Å². The fourth-order valence-corrected chi connectivity index (χ4v) is 3.04. The SMILES string of the molecule is CSc1c(C#N)ccc2sc(N)cc12. The maximum absolute atomic E-state index is 8.92. The molecule has 2 aromatic rings. The maximum Gasteiger partial charge on any atom is 0.100 e. The van der Waals surface area contributed by atoms with Crippen LogP contribution in [0.15, 0.2) is 23.1 Å². The first-order valence-electron chi connectivity index (χ1n) is 4.02. The molecule has 0 bridgehead atoms. The van der Waals surface area contributed by atoms with Crippen molar-refractivity contribution < 1.29 is 0 Å². The average Bonchev–Trinajstić information content (AvgIpc) is 2.56. The first kappa shape index (κ1) is 9.38. The van der Waals surface area contributed by atoms with E-state index in [0.29, 0.717) is 0 Å². The van der Waals surface area contributed by atoms with Crippen LogP contribution >= 0.6 is 23.1 Å². The van der Waals surface area contributed by atoms with Gasteiger partial charge in [0.15, 0.2) is 0 Å². The van der Waals surface area contributed by atoms with Crippen molar-refractivity contribution in [2.75, 3.05) is 12.0 Å². The number of benzene rings is 1. The van der Waals surface area contributed by atoms with Gasteiger partial charge < -0.3 is 5.73 Å². The van der Waals surface area contributed by atoms with E-state index in [1.54, 1.807) is 23.1 Å². The number of nitrogen functional groups attached to an aromatic ring is 1. The molecule has 1 heterocycles. The lowest BCUT2D eigenvalue weighted by Gasteiger charge is -2.00. The Morgan fingerprint density at radius 3 is 2.93 bits per heavy atom. The first-order valence-corrected chi connectivity index (χ1v) is 6.06. The van der Waals surface area contributed by atoms with Gasteiger partial charge in [0.05, 0.1) is 10.6 Å². The third-order valence-electron chi connectivity index (χ3n) is 2.00. The van der Waals surface area contributed by atoms with Crippen LogP contribution in [0.25, 0.3) is 10.1 Å². The Kier molecular flexibility index (Phi) is 2.36. The fourth-order valence-electron chi connectivity index (χ4n) is 1.41. The number of fused-ring (bicyclic) bond motifs is 1. The largest absolute Gasteiger partial charge is 0.391 e. The minimum Gasteiger partial charge on any atom is -0.391 e. The summed E-state index contributed by atoms with van der Waals surface area (Å²) in [4.78, 5) is 1.03. The summed E-state index contributed by atoms with van der Waals surface area (Å²) < 4.78 is 1.14. The lowest BCUT2D eigenvalue weighted by atomic mass is 10.2. The molecule has 0 radical (unpaired) electrons. The predicted molar refractivity (Wildman–Crippen MR) is 62.7 cm³/mol. The third-order valence-corrected chi connectivity index (χ3v) is 3.77. The molecule has 1 aromatic carbocycles. The molecule has 0 aliphatic carbocycles. The smallest absolute Gasteiger partial charge is 0.100 e. The number of nitriles is 1. The Morgan fingerprint density at radius 2 is 2.29 bits per heavy atom. The van der Waals surface area contributed by atoms with E-state index in [1.807, 2.05) is 24.5 Å². The van der Waals surface area contributed by atoms with Crippen LogP contribution in [-0.2, 0) is 0 Å². The first-order chi connectivity index (χ1) is 6.76. The maximum atomic E-state index is 8.92. The summed E-state index contributed by atoms with van der Waals surface area (Å²) in [6.45, 7) is 0. The van der Waals surface area contributed by atoms with Crippen LogP contribution in [0.4, 0.5) is 5.00 Å². The van der Waals surface area contributed by atoms with Crippen molar-refractivity contribution in [2.45, 2.75) is 4.90 Å². The average molecular weight is 220 g/mol. The summed E-state index contributed by atoms with van der Waals surface area (Å²) in [5.41, 5.74) is 6.46. The van der Waals surface area contributed by atoms with Crippen LogP contribution < -0.4 is 5.73 Å². The van der Waals surface area contributed by atoms with Gasteiger partial charge in [0.2, 0.25) is 0 Å². The molecule has 14 heavy (non-hydrogen) atoms. The van der Waals surface area contributed by atoms with Gasteiger partial charge in [-0.25, -0.2) is 0 Å². The van der Waals surface area contributed by atoms with E-state index in [0.717, 1.165) is 25.5 Å². The van der Waals surface area contributed by atoms with Crippen molar-refractivity contribution in [3.8, 4) is 6.07 Å². The Morgan fingerprint density at radius 1 is 1.50 bits per heavy atom. The van der Waals surface area contributed by atoms with E-state index in [1.165, 1.54) is 0 Å². The van der Waals surface area contributed by atoms with Crippen molar-refractivity contribution in [1.29, 1.82) is 5.26 Å². The highest BCUT2D eigenvalue weighted by Gasteiger charge is 2.08. The molecule has 0 spiro atoms. The predicted octanol–water partition coefficient (Wildman–Crippen LogP) is 3.08. The molecule has 2 nitrogen and oxygen atoms in total. The van der Waals surface area contributed by atoms with E-state index in [4.69, 9.17) is 11.0 Å². The molecule has 70 valence electrons. The molecule has 2 rings (SSSR count). The van der Waals surface area contributed by atoms with Gasteiger partial charge in [-0.1, -0.05) is 0 Å². The normalized spacial score (nSPS) is 10.3. The number of hydrogen-bond donors (Lipinski definition) is 1. The summed E-state index contributed by atoms with van der Waals surface area (Å²) in [7, 11) is 0. The van der Waals surface area contributed by atoms with E-state index in [-0.39, 0.29) is 0 Å². The lowest BCUT2D eigenvalue weighted by Crippen LogP contribution is -1.80. The number of rotatable bonds is 1. The summed E-state index contributed by atoms with van der Waals surface area (Å²) in [5.74, 6) is 0. The number of thiophene rings is 1. The molecule has 0 amide bonds. The highest BCUT2D eigenvalue weighted by Crippen LogP contribution is 2.36. The topological polar surface area (TPSA) is 49.8 Å². The zero-order valence-corrected chi connectivity index (χ0v) is 9.21. The van der Waals surface area contributed by atoms with E-state index in [9.17, 15) is 0 Å². The van der Waals surface area contributed by atoms with Gasteiger partial charge in [-0.15, -0.1) is 23.1 Å². The Labute approximate surface area is 90.3 Å². The van der Waals surface area contributed by atoms with Crippen molar-refractivity contribution in [3.63, 3.8) is 0 Å². The molecule has 0 saturated heterocycles. The molecular weight excluding hydrogens is 212 g/mol. The second-order valence-corrected chi connectivity index (χ2v) is 4.75. The molecule has 0 atom stereocenters. The fraction of sp³-hybridized carbons (Fsp3) is 0.100. The van der Waals surface area contributed by atoms with Gasteiger partial charge in [-0.05, 0) is 24.5 Å². The molecule has 0 aliphatic heterocycles. The quantitative estimate of drug-likeness (QED) is 0.751. The lowest BCUT2D eigenvalue weighted by molar-refractivity contribution is 1.42. The van der Waals surface area contributed by atoms with Crippen molar-refractivity contribution in [1.82, 2.24) is 0 Å². The Bertz CT molecular complexity index is 523. The summed E-state index contributed by atoms with van der Waals surface area (Å²) in [5, 5.41) is 10.8. The van der Waals surface area contributed by atoms with Gasteiger partial charge in [0.25, 0.3) is 0 Å². The molecule has 0 saturated carbocycles. The minimum absolute atomic E-state index is 0.725. The number of thioether (sulfide) groups is 1. The summed E-state index contributed by atoms with van der Waals surface area (Å²) >= 11 is 3.15. The molecule has 0 aliphatic rings. The van der Waals surface area contributed by atoms with Gasteiger partial charge in [0, 0.05) is 15.0 Å². The third kappa shape index (κ3) is 1.35. The van der Waals surface area contributed by atoms with E-state index < -0.39 is 0 Å². The van der Waals surface area contributed by atoms with Crippen molar-refractivity contribution in [2.24, 2.45) is 0 Å². The molecule has 2 N–H and O–H groups in total. The zero-order valence-electron chi connectivity index (χ0n) is 7.57. The summed E-state index contributed by atoms with van der Waals surface area (Å²) in [6.07, 6.45) is 1.98. The number of nitrogens with zero attached hydrogens (tertiary/aromatic N) is 1. The standard InChI is InChI=1S/C10H8N2S2/c1-13-10-6(5-11)2-3-8-7(10)4-9(12)14-8/h2-4H,12H2,1H3. The van der Waals surface area contributed by atoms with Gasteiger partial charge >= 0.3 is 0 Å². The van der Waals surface area contributed by atoms with E-state index in [2.05, 4.69) is 6.07 Å². The van der Waals surface area contributed by atoms with Crippen LogP contribution in [0.5, 0.6) is 0 Å². The van der Waals surface area contributed by atoms with Crippen molar-refractivity contribution in [3.05, 3.63) is 23.8 Å². The zero-order chi connectivity index (χ0) is 10.1. The molecule has 0 fully saturated rings. The number of hydrogen-bond acceptors (Lipinski definition) is 4. The Balaban J connectivity index is 2.84. The molecule has 0 unspecified atom stereocenters. The van der Waals surface area contributed by atoms with Crippen LogP contribution in [0.2, 0.25) is 0 Å². The molecule has 4 heteroatoms. The number of anilines is 1. The van der Waals surface area contributed by atoms with Crippen LogP contribution in [0, 0.1) is 11.3 Å². The van der Waals surface area contributed by atoms with Crippen LogP contribution in [0.3, 0.4) is 0 Å². The summed E-state index contributed by atoms with van der Waals surface area (Å²) in [6, 6.07) is 7.93. The molecule has 1 aromatic heterocycles. The highest BCUT2D eigenvalue weighted by molar-refractivity contribution is 7.98. The minimum atomic E-state index is 0.725. The molecular formula is C10H8N2S2.